The molecule has 4 nitrogen and oxygen atoms in total. The van der Waals surface area contributed by atoms with Crippen molar-refractivity contribution < 1.29 is 4.39 Å². The second-order valence-electron chi connectivity index (χ2n) is 1.84. The van der Waals surface area contributed by atoms with Crippen LogP contribution in [0.15, 0.2) is 6.20 Å². The Balaban J connectivity index is 2.70. The first kappa shape index (κ1) is 7.14. The van der Waals surface area contributed by atoms with E-state index in [-0.39, 0.29) is 6.54 Å². The summed E-state index contributed by atoms with van der Waals surface area (Å²) >= 11 is 0. The standard InChI is InChI=1S/C5H9FN4/c6-1-2-10-5(3-7)4-8-9-10/h4H,1-3,7H2. The number of nitrogens with zero attached hydrogens (tertiary/aromatic N) is 3. The Morgan fingerprint density at radius 3 is 3.10 bits per heavy atom. The molecule has 0 aromatic carbocycles. The van der Waals surface area contributed by atoms with E-state index in [1.807, 2.05) is 0 Å². The third-order valence-corrected chi connectivity index (χ3v) is 1.20. The van der Waals surface area contributed by atoms with Gasteiger partial charge in [-0.3, -0.25) is 0 Å². The van der Waals surface area contributed by atoms with Gasteiger partial charge in [0.25, 0.3) is 0 Å². The van der Waals surface area contributed by atoms with E-state index in [2.05, 4.69) is 10.3 Å². The molecule has 1 aromatic heterocycles. The SMILES string of the molecule is NCc1cnnn1CCF. The fourth-order valence-electron chi connectivity index (χ4n) is 0.705. The average Bonchev–Trinajstić information content (AvgIpc) is 2.36. The van der Waals surface area contributed by atoms with Gasteiger partial charge in [0.05, 0.1) is 18.4 Å². The molecule has 0 aliphatic heterocycles. The smallest absolute Gasteiger partial charge is 0.109 e. The Morgan fingerprint density at radius 1 is 1.70 bits per heavy atom. The van der Waals surface area contributed by atoms with E-state index < -0.39 is 6.67 Å². The van der Waals surface area contributed by atoms with Crippen molar-refractivity contribution in [3.05, 3.63) is 11.9 Å². The second-order valence-corrected chi connectivity index (χ2v) is 1.84. The zero-order valence-electron chi connectivity index (χ0n) is 5.50. The van der Waals surface area contributed by atoms with Crippen molar-refractivity contribution in [2.75, 3.05) is 6.67 Å². The molecule has 5 heteroatoms. The summed E-state index contributed by atoms with van der Waals surface area (Å²) in [7, 11) is 0. The third-order valence-electron chi connectivity index (χ3n) is 1.20. The summed E-state index contributed by atoms with van der Waals surface area (Å²) in [6.45, 7) is 0.163. The van der Waals surface area contributed by atoms with Gasteiger partial charge >= 0.3 is 0 Å². The van der Waals surface area contributed by atoms with Crippen molar-refractivity contribution in [1.29, 1.82) is 0 Å². The summed E-state index contributed by atoms with van der Waals surface area (Å²) in [4.78, 5) is 0. The minimum absolute atomic E-state index is 0.243. The Labute approximate surface area is 57.8 Å². The largest absolute Gasteiger partial charge is 0.325 e. The van der Waals surface area contributed by atoms with Crippen molar-refractivity contribution in [3.63, 3.8) is 0 Å². The predicted octanol–water partition coefficient (Wildman–Crippen LogP) is -0.294. The Morgan fingerprint density at radius 2 is 2.50 bits per heavy atom. The maximum Gasteiger partial charge on any atom is 0.109 e. The number of nitrogens with two attached hydrogens (primary N) is 1. The molecule has 0 bridgehead atoms. The Hall–Kier alpha value is -0.970. The lowest BCUT2D eigenvalue weighted by atomic mass is 10.5. The van der Waals surface area contributed by atoms with Crippen LogP contribution in [0.1, 0.15) is 5.69 Å². The topological polar surface area (TPSA) is 56.7 Å². The van der Waals surface area contributed by atoms with Gasteiger partial charge in [-0.05, 0) is 0 Å². The molecule has 0 spiro atoms. The normalized spacial score (nSPS) is 10.2. The Kier molecular flexibility index (Phi) is 2.33. The van der Waals surface area contributed by atoms with Gasteiger partial charge in [0, 0.05) is 6.54 Å². The van der Waals surface area contributed by atoms with E-state index in [4.69, 9.17) is 5.73 Å². The lowest BCUT2D eigenvalue weighted by Gasteiger charge is -1.98. The van der Waals surface area contributed by atoms with Gasteiger partial charge in [0.1, 0.15) is 6.67 Å². The van der Waals surface area contributed by atoms with Crippen molar-refractivity contribution in [3.8, 4) is 0 Å². The molecule has 2 N–H and O–H groups in total. The van der Waals surface area contributed by atoms with Crippen LogP contribution in [0.5, 0.6) is 0 Å². The molecular weight excluding hydrogens is 135 g/mol. The highest BCUT2D eigenvalue weighted by Gasteiger charge is 1.98. The first-order valence-electron chi connectivity index (χ1n) is 3.02. The van der Waals surface area contributed by atoms with Gasteiger partial charge in [-0.2, -0.15) is 0 Å². The first-order valence-corrected chi connectivity index (χ1v) is 3.02. The highest BCUT2D eigenvalue weighted by molar-refractivity contribution is 4.91. The maximum absolute atomic E-state index is 11.7. The molecule has 0 radical (unpaired) electrons. The predicted molar refractivity (Wildman–Crippen MR) is 33.9 cm³/mol. The van der Waals surface area contributed by atoms with Gasteiger partial charge in [0.15, 0.2) is 0 Å². The molecule has 0 saturated heterocycles. The summed E-state index contributed by atoms with van der Waals surface area (Å²) in [6.07, 6.45) is 1.54. The highest BCUT2D eigenvalue weighted by atomic mass is 19.1. The minimum atomic E-state index is -0.434. The van der Waals surface area contributed by atoms with Crippen molar-refractivity contribution in [2.24, 2.45) is 5.73 Å². The number of aromatic nitrogens is 3. The molecule has 0 amide bonds. The van der Waals surface area contributed by atoms with Crippen LogP contribution in [0.3, 0.4) is 0 Å². The van der Waals surface area contributed by atoms with Crippen molar-refractivity contribution in [1.82, 2.24) is 15.0 Å². The molecule has 0 aliphatic carbocycles. The lowest BCUT2D eigenvalue weighted by Crippen LogP contribution is -2.09. The second kappa shape index (κ2) is 3.26. The van der Waals surface area contributed by atoms with Crippen LogP contribution in [0.4, 0.5) is 4.39 Å². The van der Waals surface area contributed by atoms with Crippen molar-refractivity contribution >= 4 is 0 Å². The van der Waals surface area contributed by atoms with Crippen LogP contribution in [0, 0.1) is 0 Å². The lowest BCUT2D eigenvalue weighted by molar-refractivity contribution is 0.415. The quantitative estimate of drug-likeness (QED) is 0.634. The van der Waals surface area contributed by atoms with Crippen molar-refractivity contribution in [2.45, 2.75) is 13.1 Å². The van der Waals surface area contributed by atoms with E-state index in [0.717, 1.165) is 5.69 Å². The van der Waals surface area contributed by atoms with Crippen LogP contribution in [-0.4, -0.2) is 21.7 Å². The fraction of sp³-hybridized carbons (Fsp3) is 0.600. The van der Waals surface area contributed by atoms with Crippen LogP contribution in [-0.2, 0) is 13.1 Å². The molecule has 0 aliphatic rings. The molecule has 0 saturated carbocycles. The maximum atomic E-state index is 11.7. The molecule has 0 unspecified atom stereocenters. The summed E-state index contributed by atoms with van der Waals surface area (Å²) in [5.74, 6) is 0. The molecular formula is C5H9FN4. The zero-order valence-corrected chi connectivity index (χ0v) is 5.50. The number of hydrogen-bond donors (Lipinski definition) is 1. The first-order chi connectivity index (χ1) is 4.88. The number of alkyl halides is 1. The number of hydrogen-bond acceptors (Lipinski definition) is 3. The van der Waals surface area contributed by atoms with Crippen LogP contribution >= 0.6 is 0 Å². The summed E-state index contributed by atoms with van der Waals surface area (Å²) in [5.41, 5.74) is 6.06. The van der Waals surface area contributed by atoms with Gasteiger partial charge in [-0.15, -0.1) is 5.10 Å². The van der Waals surface area contributed by atoms with Crippen LogP contribution < -0.4 is 5.73 Å². The summed E-state index contributed by atoms with van der Waals surface area (Å²) < 4.78 is 13.2. The molecule has 1 aromatic rings. The van der Waals surface area contributed by atoms with E-state index in [1.165, 1.54) is 10.9 Å². The fourth-order valence-corrected chi connectivity index (χ4v) is 0.705. The van der Waals surface area contributed by atoms with Gasteiger partial charge in [0.2, 0.25) is 0 Å². The van der Waals surface area contributed by atoms with E-state index in [9.17, 15) is 4.39 Å². The Bertz CT molecular complexity index is 197. The van der Waals surface area contributed by atoms with E-state index in [0.29, 0.717) is 6.54 Å². The van der Waals surface area contributed by atoms with Gasteiger partial charge in [-0.1, -0.05) is 5.21 Å². The van der Waals surface area contributed by atoms with Crippen LogP contribution in [0.2, 0.25) is 0 Å². The van der Waals surface area contributed by atoms with E-state index in [1.54, 1.807) is 0 Å². The minimum Gasteiger partial charge on any atom is -0.325 e. The van der Waals surface area contributed by atoms with Gasteiger partial charge in [-0.25, -0.2) is 9.07 Å². The number of aryl methyl sites for hydroxylation is 1. The molecule has 1 heterocycles. The third kappa shape index (κ3) is 1.30. The average molecular weight is 144 g/mol. The summed E-state index contributed by atoms with van der Waals surface area (Å²) in [5, 5.41) is 7.20. The van der Waals surface area contributed by atoms with Crippen LogP contribution in [0.25, 0.3) is 0 Å². The zero-order chi connectivity index (χ0) is 7.40. The molecule has 1 rings (SSSR count). The van der Waals surface area contributed by atoms with Gasteiger partial charge < -0.3 is 5.73 Å². The molecule has 0 atom stereocenters. The molecule has 0 fully saturated rings. The summed E-state index contributed by atoms with van der Waals surface area (Å²) in [6, 6.07) is 0. The molecule has 10 heavy (non-hydrogen) atoms. The monoisotopic (exact) mass is 144 g/mol. The highest BCUT2D eigenvalue weighted by Crippen LogP contribution is 1.93. The van der Waals surface area contributed by atoms with E-state index >= 15 is 0 Å². The number of halogens is 1. The number of rotatable bonds is 3. The molecule has 56 valence electrons.